The molecule has 0 radical (unpaired) electrons. The summed E-state index contributed by atoms with van der Waals surface area (Å²) in [5, 5.41) is 5.52. The Kier molecular flexibility index (Phi) is 4.60. The Hall–Kier alpha value is -0.910. The van der Waals surface area contributed by atoms with Crippen molar-refractivity contribution < 1.29 is 9.53 Å². The van der Waals surface area contributed by atoms with Gasteiger partial charge in [-0.2, -0.15) is 0 Å². The third-order valence-corrected chi connectivity index (χ3v) is 4.63. The monoisotopic (exact) mass is 282 g/mol. The van der Waals surface area contributed by atoms with Gasteiger partial charge in [0, 0.05) is 18.0 Å². The fourth-order valence-corrected chi connectivity index (χ4v) is 3.12. The Bertz CT molecular complexity index is 421. The van der Waals surface area contributed by atoms with E-state index in [1.807, 2.05) is 37.1 Å². The van der Waals surface area contributed by atoms with Crippen LogP contribution in [0.15, 0.2) is 17.5 Å². The molecule has 0 bridgehead atoms. The number of nitrogens with zero attached hydrogens (tertiary/aromatic N) is 1. The third kappa shape index (κ3) is 2.83. The summed E-state index contributed by atoms with van der Waals surface area (Å²) in [6, 6.07) is 4.10. The molecule has 2 unspecified atom stereocenters. The summed E-state index contributed by atoms with van der Waals surface area (Å²) in [4.78, 5) is 15.7. The van der Waals surface area contributed by atoms with Crippen LogP contribution in [0.1, 0.15) is 38.2 Å². The third-order valence-electron chi connectivity index (χ3n) is 3.70. The van der Waals surface area contributed by atoms with Gasteiger partial charge in [0.2, 0.25) is 5.91 Å². The summed E-state index contributed by atoms with van der Waals surface area (Å²) < 4.78 is 5.39. The number of thiophene rings is 1. The molecule has 2 rings (SSSR count). The van der Waals surface area contributed by atoms with Crippen LogP contribution in [-0.4, -0.2) is 36.1 Å². The highest BCUT2D eigenvalue weighted by Crippen LogP contribution is 2.34. The van der Waals surface area contributed by atoms with E-state index in [9.17, 15) is 4.79 Å². The van der Waals surface area contributed by atoms with Crippen LogP contribution in [0.5, 0.6) is 0 Å². The average molecular weight is 282 g/mol. The van der Waals surface area contributed by atoms with E-state index in [0.717, 1.165) is 6.42 Å². The summed E-state index contributed by atoms with van der Waals surface area (Å²) in [5.41, 5.74) is -0.457. The molecule has 1 N–H and O–H groups in total. The first-order chi connectivity index (χ1) is 9.12. The standard InChI is InChI=1S/C14H22N2O2S/c1-4-14(3)13(17)16(8-9-18-5-2)12(15-14)11-7-6-10-19-11/h6-7,10,12,15H,4-5,8-9H2,1-3H3. The van der Waals surface area contributed by atoms with E-state index in [1.54, 1.807) is 11.3 Å². The maximum Gasteiger partial charge on any atom is 0.244 e. The molecule has 0 spiro atoms. The molecule has 0 saturated carbocycles. The molecule has 2 heterocycles. The highest BCUT2D eigenvalue weighted by Gasteiger charge is 2.47. The second-order valence-electron chi connectivity index (χ2n) is 4.94. The van der Waals surface area contributed by atoms with Crippen molar-refractivity contribution in [2.45, 2.75) is 38.9 Å². The lowest BCUT2D eigenvalue weighted by molar-refractivity contribution is -0.133. The lowest BCUT2D eigenvalue weighted by Gasteiger charge is -2.23. The molecule has 1 aliphatic heterocycles. The van der Waals surface area contributed by atoms with Gasteiger partial charge in [0.1, 0.15) is 6.17 Å². The van der Waals surface area contributed by atoms with E-state index in [0.29, 0.717) is 19.8 Å². The van der Waals surface area contributed by atoms with E-state index in [1.165, 1.54) is 4.88 Å². The quantitative estimate of drug-likeness (QED) is 0.815. The van der Waals surface area contributed by atoms with E-state index < -0.39 is 5.54 Å². The lowest BCUT2D eigenvalue weighted by Crippen LogP contribution is -2.43. The zero-order valence-corrected chi connectivity index (χ0v) is 12.6. The smallest absolute Gasteiger partial charge is 0.244 e. The van der Waals surface area contributed by atoms with Gasteiger partial charge in [0.05, 0.1) is 12.1 Å². The molecule has 0 aliphatic carbocycles. The molecule has 19 heavy (non-hydrogen) atoms. The second-order valence-corrected chi connectivity index (χ2v) is 5.92. The van der Waals surface area contributed by atoms with Gasteiger partial charge < -0.3 is 9.64 Å². The van der Waals surface area contributed by atoms with Crippen LogP contribution < -0.4 is 5.32 Å². The topological polar surface area (TPSA) is 41.6 Å². The molecule has 1 aromatic heterocycles. The minimum atomic E-state index is -0.457. The molecule has 1 aromatic rings. The minimum absolute atomic E-state index is 0.0158. The Morgan fingerprint density at radius 2 is 2.32 bits per heavy atom. The molecule has 0 aromatic carbocycles. The van der Waals surface area contributed by atoms with Crippen molar-refractivity contribution in [3.63, 3.8) is 0 Å². The molecule has 2 atom stereocenters. The average Bonchev–Trinajstić information content (AvgIpc) is 3.01. The van der Waals surface area contributed by atoms with Gasteiger partial charge in [0.25, 0.3) is 0 Å². The highest BCUT2D eigenvalue weighted by atomic mass is 32.1. The largest absolute Gasteiger partial charge is 0.380 e. The Labute approximate surface area is 118 Å². The maximum atomic E-state index is 12.6. The van der Waals surface area contributed by atoms with Gasteiger partial charge in [-0.3, -0.25) is 10.1 Å². The SMILES string of the molecule is CCOCCN1C(=O)C(C)(CC)NC1c1cccs1. The summed E-state index contributed by atoms with van der Waals surface area (Å²) >= 11 is 1.68. The Morgan fingerprint density at radius 3 is 2.89 bits per heavy atom. The number of carbonyl (C=O) groups is 1. The number of rotatable bonds is 6. The summed E-state index contributed by atoms with van der Waals surface area (Å²) in [5.74, 6) is 0.174. The molecular weight excluding hydrogens is 260 g/mol. The zero-order chi connectivity index (χ0) is 13.9. The Balaban J connectivity index is 2.17. The number of amides is 1. The fourth-order valence-electron chi connectivity index (χ4n) is 2.34. The van der Waals surface area contributed by atoms with Gasteiger partial charge in [0.15, 0.2) is 0 Å². The molecule has 5 heteroatoms. The van der Waals surface area contributed by atoms with Gasteiger partial charge in [-0.05, 0) is 31.7 Å². The van der Waals surface area contributed by atoms with Crippen molar-refractivity contribution in [2.24, 2.45) is 0 Å². The first kappa shape index (κ1) is 14.5. The van der Waals surface area contributed by atoms with Crippen molar-refractivity contribution in [1.82, 2.24) is 10.2 Å². The number of hydrogen-bond donors (Lipinski definition) is 1. The summed E-state index contributed by atoms with van der Waals surface area (Å²) in [6.07, 6.45) is 0.775. The normalized spacial score (nSPS) is 27.2. The predicted molar refractivity (Wildman–Crippen MR) is 77.1 cm³/mol. The van der Waals surface area contributed by atoms with Gasteiger partial charge in [-0.15, -0.1) is 11.3 Å². The first-order valence-electron chi connectivity index (χ1n) is 6.82. The maximum absolute atomic E-state index is 12.6. The molecule has 1 aliphatic rings. The van der Waals surface area contributed by atoms with Gasteiger partial charge in [-0.1, -0.05) is 13.0 Å². The van der Waals surface area contributed by atoms with Crippen molar-refractivity contribution in [3.05, 3.63) is 22.4 Å². The van der Waals surface area contributed by atoms with Crippen LogP contribution in [0.3, 0.4) is 0 Å². The molecule has 1 saturated heterocycles. The van der Waals surface area contributed by atoms with Gasteiger partial charge in [-0.25, -0.2) is 0 Å². The minimum Gasteiger partial charge on any atom is -0.380 e. The van der Waals surface area contributed by atoms with Crippen LogP contribution in [0, 0.1) is 0 Å². The zero-order valence-electron chi connectivity index (χ0n) is 11.8. The summed E-state index contributed by atoms with van der Waals surface area (Å²) in [6.45, 7) is 7.91. The highest BCUT2D eigenvalue weighted by molar-refractivity contribution is 7.10. The molecule has 106 valence electrons. The molecule has 4 nitrogen and oxygen atoms in total. The van der Waals surface area contributed by atoms with Crippen LogP contribution in [-0.2, 0) is 9.53 Å². The van der Waals surface area contributed by atoms with Crippen molar-refractivity contribution in [2.75, 3.05) is 19.8 Å². The van der Waals surface area contributed by atoms with Crippen molar-refractivity contribution >= 4 is 17.2 Å². The fraction of sp³-hybridized carbons (Fsp3) is 0.643. The predicted octanol–water partition coefficient (Wildman–Crippen LogP) is 2.38. The molecular formula is C14H22N2O2S. The number of hydrogen-bond acceptors (Lipinski definition) is 4. The van der Waals surface area contributed by atoms with Crippen molar-refractivity contribution in [1.29, 1.82) is 0 Å². The van der Waals surface area contributed by atoms with E-state index >= 15 is 0 Å². The summed E-state index contributed by atoms with van der Waals surface area (Å²) in [7, 11) is 0. The first-order valence-corrected chi connectivity index (χ1v) is 7.70. The van der Waals surface area contributed by atoms with Crippen molar-refractivity contribution in [3.8, 4) is 0 Å². The molecule has 1 amide bonds. The number of ether oxygens (including phenoxy) is 1. The van der Waals surface area contributed by atoms with E-state index in [4.69, 9.17) is 4.74 Å². The van der Waals surface area contributed by atoms with E-state index in [-0.39, 0.29) is 12.1 Å². The van der Waals surface area contributed by atoms with Crippen LogP contribution in [0.25, 0.3) is 0 Å². The van der Waals surface area contributed by atoms with E-state index in [2.05, 4.69) is 11.4 Å². The van der Waals surface area contributed by atoms with Crippen LogP contribution in [0.4, 0.5) is 0 Å². The van der Waals surface area contributed by atoms with Gasteiger partial charge >= 0.3 is 0 Å². The second kappa shape index (κ2) is 6.03. The number of carbonyl (C=O) groups excluding carboxylic acids is 1. The van der Waals surface area contributed by atoms with Crippen LogP contribution in [0.2, 0.25) is 0 Å². The number of nitrogens with one attached hydrogen (secondary N) is 1. The van der Waals surface area contributed by atoms with Crippen LogP contribution >= 0.6 is 11.3 Å². The molecule has 1 fully saturated rings. The lowest BCUT2D eigenvalue weighted by atomic mass is 9.99. The Morgan fingerprint density at radius 1 is 1.53 bits per heavy atom.